The third-order valence-corrected chi connectivity index (χ3v) is 3.67. The SMILES string of the molecule is COCCOCCCNC(=O)N1CCCC(C)(C(=O)O)C1. The minimum atomic E-state index is -0.841. The molecule has 2 amide bonds. The molecule has 0 aromatic carbocycles. The van der Waals surface area contributed by atoms with Crippen molar-refractivity contribution < 1.29 is 24.2 Å². The fourth-order valence-electron chi connectivity index (χ4n) is 2.31. The summed E-state index contributed by atoms with van der Waals surface area (Å²) in [5.41, 5.74) is -0.834. The molecule has 21 heavy (non-hydrogen) atoms. The molecule has 0 aromatic rings. The summed E-state index contributed by atoms with van der Waals surface area (Å²) < 4.78 is 10.2. The number of carboxylic acid groups (broad SMARTS) is 1. The number of nitrogens with zero attached hydrogens (tertiary/aromatic N) is 1. The Morgan fingerprint density at radius 2 is 2.10 bits per heavy atom. The lowest BCUT2D eigenvalue weighted by Crippen LogP contribution is -2.51. The summed E-state index contributed by atoms with van der Waals surface area (Å²) in [7, 11) is 1.62. The van der Waals surface area contributed by atoms with E-state index in [1.165, 1.54) is 0 Å². The Morgan fingerprint density at radius 1 is 1.33 bits per heavy atom. The summed E-state index contributed by atoms with van der Waals surface area (Å²) in [6.45, 7) is 4.76. The number of carboxylic acids is 1. The van der Waals surface area contributed by atoms with Crippen molar-refractivity contribution in [2.45, 2.75) is 26.2 Å². The van der Waals surface area contributed by atoms with Crippen LogP contribution in [0.1, 0.15) is 26.2 Å². The van der Waals surface area contributed by atoms with Gasteiger partial charge in [-0.3, -0.25) is 4.79 Å². The maximum Gasteiger partial charge on any atom is 0.317 e. The highest BCUT2D eigenvalue weighted by atomic mass is 16.5. The number of hydrogen-bond acceptors (Lipinski definition) is 4. The minimum absolute atomic E-state index is 0.195. The molecule has 1 saturated heterocycles. The van der Waals surface area contributed by atoms with Gasteiger partial charge in [0.2, 0.25) is 0 Å². The number of ether oxygens (including phenoxy) is 2. The van der Waals surface area contributed by atoms with E-state index in [1.807, 2.05) is 0 Å². The van der Waals surface area contributed by atoms with E-state index >= 15 is 0 Å². The molecule has 0 radical (unpaired) electrons. The summed E-state index contributed by atoms with van der Waals surface area (Å²) in [6.07, 6.45) is 2.05. The molecule has 7 nitrogen and oxygen atoms in total. The van der Waals surface area contributed by atoms with Gasteiger partial charge in [-0.2, -0.15) is 0 Å². The van der Waals surface area contributed by atoms with Gasteiger partial charge in [0.05, 0.1) is 18.6 Å². The highest BCUT2D eigenvalue weighted by molar-refractivity contribution is 5.78. The van der Waals surface area contributed by atoms with Crippen molar-refractivity contribution in [1.82, 2.24) is 10.2 Å². The first-order valence-electron chi connectivity index (χ1n) is 7.32. The summed E-state index contributed by atoms with van der Waals surface area (Å²) in [4.78, 5) is 24.8. The molecule has 0 aliphatic carbocycles. The van der Waals surface area contributed by atoms with Crippen LogP contribution in [-0.4, -0.2) is 68.6 Å². The molecule has 1 aliphatic rings. The number of amides is 2. The Balaban J connectivity index is 2.21. The van der Waals surface area contributed by atoms with Gasteiger partial charge in [-0.1, -0.05) is 0 Å². The molecule has 2 N–H and O–H groups in total. The summed E-state index contributed by atoms with van der Waals surface area (Å²) >= 11 is 0. The van der Waals surface area contributed by atoms with Gasteiger partial charge < -0.3 is 24.8 Å². The van der Waals surface area contributed by atoms with Crippen LogP contribution in [-0.2, 0) is 14.3 Å². The highest BCUT2D eigenvalue weighted by Crippen LogP contribution is 2.29. The zero-order chi connectivity index (χ0) is 15.7. The van der Waals surface area contributed by atoms with Gasteiger partial charge in [-0.05, 0) is 26.2 Å². The van der Waals surface area contributed by atoms with Crippen LogP contribution < -0.4 is 5.32 Å². The Hall–Kier alpha value is -1.34. The Kier molecular flexibility index (Phi) is 7.45. The maximum absolute atomic E-state index is 12.0. The van der Waals surface area contributed by atoms with Crippen LogP contribution in [0.25, 0.3) is 0 Å². The van der Waals surface area contributed by atoms with Crippen LogP contribution in [0.2, 0.25) is 0 Å². The fourth-order valence-corrected chi connectivity index (χ4v) is 2.31. The van der Waals surface area contributed by atoms with Crippen LogP contribution in [0.15, 0.2) is 0 Å². The third kappa shape index (κ3) is 5.89. The van der Waals surface area contributed by atoms with E-state index in [-0.39, 0.29) is 12.6 Å². The molecule has 0 saturated carbocycles. The van der Waals surface area contributed by atoms with Gasteiger partial charge in [0, 0.05) is 33.4 Å². The second kappa shape index (κ2) is 8.84. The second-order valence-corrected chi connectivity index (χ2v) is 5.58. The first-order valence-corrected chi connectivity index (χ1v) is 7.32. The van der Waals surface area contributed by atoms with E-state index in [9.17, 15) is 14.7 Å². The van der Waals surface area contributed by atoms with E-state index < -0.39 is 11.4 Å². The predicted octanol–water partition coefficient (Wildman–Crippen LogP) is 0.936. The number of aliphatic carboxylic acids is 1. The first kappa shape index (κ1) is 17.7. The van der Waals surface area contributed by atoms with E-state index in [2.05, 4.69) is 5.32 Å². The quantitative estimate of drug-likeness (QED) is 0.651. The van der Waals surface area contributed by atoms with Gasteiger partial charge in [-0.25, -0.2) is 4.79 Å². The Bertz CT molecular complexity index is 350. The number of methoxy groups -OCH3 is 1. The molecule has 122 valence electrons. The molecule has 1 heterocycles. The number of rotatable bonds is 8. The second-order valence-electron chi connectivity index (χ2n) is 5.58. The minimum Gasteiger partial charge on any atom is -0.481 e. The van der Waals surface area contributed by atoms with Gasteiger partial charge in [0.1, 0.15) is 0 Å². The van der Waals surface area contributed by atoms with Crippen LogP contribution in [0.4, 0.5) is 4.79 Å². The molecule has 1 fully saturated rings. The molecular weight excluding hydrogens is 276 g/mol. The van der Waals surface area contributed by atoms with Crippen molar-refractivity contribution in [2.24, 2.45) is 5.41 Å². The van der Waals surface area contributed by atoms with E-state index in [1.54, 1.807) is 18.9 Å². The Morgan fingerprint density at radius 3 is 2.76 bits per heavy atom. The first-order chi connectivity index (χ1) is 9.99. The lowest BCUT2D eigenvalue weighted by Gasteiger charge is -2.37. The molecule has 0 spiro atoms. The van der Waals surface area contributed by atoms with E-state index in [4.69, 9.17) is 9.47 Å². The van der Waals surface area contributed by atoms with Gasteiger partial charge >= 0.3 is 12.0 Å². The monoisotopic (exact) mass is 302 g/mol. The average Bonchev–Trinajstić information content (AvgIpc) is 2.46. The molecule has 1 aliphatic heterocycles. The molecule has 1 rings (SSSR count). The highest BCUT2D eigenvalue weighted by Gasteiger charge is 2.39. The van der Waals surface area contributed by atoms with Crippen LogP contribution in [0.5, 0.6) is 0 Å². The number of likely N-dealkylation sites (tertiary alicyclic amines) is 1. The lowest BCUT2D eigenvalue weighted by atomic mass is 9.82. The van der Waals surface area contributed by atoms with Crippen LogP contribution >= 0.6 is 0 Å². The largest absolute Gasteiger partial charge is 0.481 e. The number of nitrogens with one attached hydrogen (secondary N) is 1. The summed E-state index contributed by atoms with van der Waals surface area (Å²) in [5.74, 6) is -0.841. The number of urea groups is 1. The van der Waals surface area contributed by atoms with Crippen molar-refractivity contribution in [3.63, 3.8) is 0 Å². The van der Waals surface area contributed by atoms with Crippen LogP contribution in [0, 0.1) is 5.41 Å². The van der Waals surface area contributed by atoms with Crippen molar-refractivity contribution >= 4 is 12.0 Å². The fraction of sp³-hybridized carbons (Fsp3) is 0.857. The van der Waals surface area contributed by atoms with Crippen molar-refractivity contribution in [2.75, 3.05) is 46.6 Å². The average molecular weight is 302 g/mol. The van der Waals surface area contributed by atoms with Gasteiger partial charge in [0.15, 0.2) is 0 Å². The smallest absolute Gasteiger partial charge is 0.317 e. The predicted molar refractivity (Wildman–Crippen MR) is 77.3 cm³/mol. The number of carbonyl (C=O) groups is 2. The zero-order valence-electron chi connectivity index (χ0n) is 12.9. The normalized spacial score (nSPS) is 22.1. The molecule has 7 heteroatoms. The lowest BCUT2D eigenvalue weighted by molar-refractivity contribution is -0.150. The molecule has 1 atom stereocenters. The molecule has 0 aromatic heterocycles. The van der Waals surface area contributed by atoms with Gasteiger partial charge in [-0.15, -0.1) is 0 Å². The standard InChI is InChI=1S/C14H26N2O5/c1-14(12(17)18)5-3-7-16(11-14)13(19)15-6-4-8-21-10-9-20-2/h3-11H2,1-2H3,(H,15,19)(H,17,18). The number of piperidine rings is 1. The number of hydrogen-bond donors (Lipinski definition) is 2. The van der Waals surface area contributed by atoms with E-state index in [0.717, 1.165) is 12.8 Å². The molecule has 0 bridgehead atoms. The van der Waals surface area contributed by atoms with E-state index in [0.29, 0.717) is 39.3 Å². The van der Waals surface area contributed by atoms with Crippen molar-refractivity contribution in [1.29, 1.82) is 0 Å². The molecule has 1 unspecified atom stereocenters. The zero-order valence-corrected chi connectivity index (χ0v) is 12.9. The maximum atomic E-state index is 12.0. The van der Waals surface area contributed by atoms with Crippen molar-refractivity contribution in [3.8, 4) is 0 Å². The van der Waals surface area contributed by atoms with Crippen molar-refractivity contribution in [3.05, 3.63) is 0 Å². The summed E-state index contributed by atoms with van der Waals surface area (Å²) in [5, 5.41) is 12.0. The topological polar surface area (TPSA) is 88.1 Å². The Labute approximate surface area is 125 Å². The summed E-state index contributed by atoms with van der Waals surface area (Å²) in [6, 6.07) is -0.195. The number of carbonyl (C=O) groups excluding carboxylic acids is 1. The molecular formula is C14H26N2O5. The van der Waals surface area contributed by atoms with Crippen LogP contribution in [0.3, 0.4) is 0 Å². The van der Waals surface area contributed by atoms with Gasteiger partial charge in [0.25, 0.3) is 0 Å². The third-order valence-electron chi connectivity index (χ3n) is 3.67.